The summed E-state index contributed by atoms with van der Waals surface area (Å²) in [5.74, 6) is 1.01. The Kier molecular flexibility index (Phi) is 5.42. The van der Waals surface area contributed by atoms with E-state index in [1.165, 1.54) is 12.1 Å². The molecule has 0 saturated heterocycles. The minimum absolute atomic E-state index is 0.0872. The van der Waals surface area contributed by atoms with Crippen LogP contribution >= 0.6 is 0 Å². The summed E-state index contributed by atoms with van der Waals surface area (Å²) in [5.41, 5.74) is 6.96. The van der Waals surface area contributed by atoms with Crippen LogP contribution in [0.1, 0.15) is 23.7 Å². The zero-order chi connectivity index (χ0) is 18.7. The van der Waals surface area contributed by atoms with Crippen LogP contribution in [0.5, 0.6) is 5.75 Å². The zero-order valence-corrected chi connectivity index (χ0v) is 14.8. The largest absolute Gasteiger partial charge is 0.489 e. The Balaban J connectivity index is 1.52. The van der Waals surface area contributed by atoms with Crippen LogP contribution in [0.2, 0.25) is 0 Å². The molecule has 9 heteroatoms. The summed E-state index contributed by atoms with van der Waals surface area (Å²) in [6.07, 6.45) is 2.11. The number of rotatable bonds is 6. The van der Waals surface area contributed by atoms with E-state index in [4.69, 9.17) is 15.0 Å². The van der Waals surface area contributed by atoms with Crippen molar-refractivity contribution in [1.29, 1.82) is 0 Å². The molecule has 0 aliphatic carbocycles. The van der Waals surface area contributed by atoms with Crippen LogP contribution in [0.25, 0.3) is 0 Å². The summed E-state index contributed by atoms with van der Waals surface area (Å²) in [6.45, 7) is 0.888. The highest BCUT2D eigenvalue weighted by Gasteiger charge is 2.22. The number of hydrogen-bond donors (Lipinski definition) is 4. The van der Waals surface area contributed by atoms with E-state index in [0.29, 0.717) is 43.1 Å². The van der Waals surface area contributed by atoms with E-state index in [2.05, 4.69) is 10.3 Å². The fourth-order valence-electron chi connectivity index (χ4n) is 2.84. The van der Waals surface area contributed by atoms with Gasteiger partial charge in [0.25, 0.3) is 10.1 Å². The molecule has 0 spiro atoms. The predicted octanol–water partition coefficient (Wildman–Crippen LogP) is 0.927. The van der Waals surface area contributed by atoms with Gasteiger partial charge in [0, 0.05) is 24.8 Å². The number of pyridine rings is 1. The number of aryl methyl sites for hydroxylation is 1. The topological polar surface area (TPSA) is 135 Å². The molecule has 8 nitrogen and oxygen atoms in total. The SMILES string of the molecule is Nc1ccc([C@H](O)CNCC2CCc3cc(S(=O)(=O)O)ccc3O2)cn1. The third-order valence-electron chi connectivity index (χ3n) is 4.26. The van der Waals surface area contributed by atoms with Gasteiger partial charge in [0.1, 0.15) is 17.7 Å². The van der Waals surface area contributed by atoms with Crippen molar-refractivity contribution >= 4 is 15.9 Å². The van der Waals surface area contributed by atoms with Gasteiger partial charge in [-0.05, 0) is 42.7 Å². The number of benzene rings is 1. The van der Waals surface area contributed by atoms with Crippen LogP contribution in [0.4, 0.5) is 5.82 Å². The molecule has 1 aliphatic rings. The summed E-state index contributed by atoms with van der Waals surface area (Å²) >= 11 is 0. The van der Waals surface area contributed by atoms with Gasteiger partial charge in [-0.1, -0.05) is 6.07 Å². The molecule has 0 saturated carbocycles. The predicted molar refractivity (Wildman–Crippen MR) is 95.5 cm³/mol. The number of hydrogen-bond acceptors (Lipinski definition) is 7. The van der Waals surface area contributed by atoms with Gasteiger partial charge < -0.3 is 20.9 Å². The lowest BCUT2D eigenvalue weighted by molar-refractivity contribution is 0.146. The van der Waals surface area contributed by atoms with Gasteiger partial charge >= 0.3 is 0 Å². The van der Waals surface area contributed by atoms with Gasteiger partial charge in [0.05, 0.1) is 11.0 Å². The number of aliphatic hydroxyl groups excluding tert-OH is 1. The summed E-state index contributed by atoms with van der Waals surface area (Å²) in [5, 5.41) is 13.3. The van der Waals surface area contributed by atoms with E-state index in [1.807, 2.05) is 0 Å². The fourth-order valence-corrected chi connectivity index (χ4v) is 3.37. The van der Waals surface area contributed by atoms with Crippen LogP contribution in [0.3, 0.4) is 0 Å². The molecule has 0 bridgehead atoms. The van der Waals surface area contributed by atoms with Crippen molar-refractivity contribution in [2.75, 3.05) is 18.8 Å². The first-order chi connectivity index (χ1) is 12.3. The van der Waals surface area contributed by atoms with E-state index in [9.17, 15) is 13.5 Å². The molecular weight excluding hydrogens is 358 g/mol. The second-order valence-corrected chi connectivity index (χ2v) is 7.64. The number of anilines is 1. The van der Waals surface area contributed by atoms with Crippen LogP contribution < -0.4 is 15.8 Å². The molecule has 1 aromatic heterocycles. The summed E-state index contributed by atoms with van der Waals surface area (Å²) in [4.78, 5) is 3.82. The van der Waals surface area contributed by atoms with Crippen molar-refractivity contribution in [3.8, 4) is 5.75 Å². The molecule has 140 valence electrons. The molecule has 26 heavy (non-hydrogen) atoms. The molecule has 0 fully saturated rings. The minimum atomic E-state index is -4.21. The lowest BCUT2D eigenvalue weighted by Gasteiger charge is -2.27. The molecule has 0 radical (unpaired) electrons. The van der Waals surface area contributed by atoms with Crippen LogP contribution in [-0.4, -0.2) is 42.3 Å². The average molecular weight is 379 g/mol. The van der Waals surface area contributed by atoms with E-state index in [1.54, 1.807) is 24.4 Å². The molecule has 1 unspecified atom stereocenters. The minimum Gasteiger partial charge on any atom is -0.489 e. The number of ether oxygens (including phenoxy) is 1. The normalized spacial score (nSPS) is 18.0. The number of nitrogens with one attached hydrogen (secondary N) is 1. The molecular formula is C17H21N3O5S. The third kappa shape index (κ3) is 4.50. The Morgan fingerprint density at radius 1 is 1.35 bits per heavy atom. The summed E-state index contributed by atoms with van der Waals surface area (Å²) in [6, 6.07) is 7.68. The monoisotopic (exact) mass is 379 g/mol. The van der Waals surface area contributed by atoms with Crippen molar-refractivity contribution in [2.24, 2.45) is 0 Å². The third-order valence-corrected chi connectivity index (χ3v) is 5.11. The smallest absolute Gasteiger partial charge is 0.294 e. The number of aliphatic hydroxyl groups is 1. The lowest BCUT2D eigenvalue weighted by Crippen LogP contribution is -2.36. The molecule has 2 heterocycles. The highest BCUT2D eigenvalue weighted by Crippen LogP contribution is 2.29. The number of nitrogens with zero attached hydrogens (tertiary/aromatic N) is 1. The van der Waals surface area contributed by atoms with Gasteiger partial charge in [0.2, 0.25) is 0 Å². The van der Waals surface area contributed by atoms with E-state index >= 15 is 0 Å². The zero-order valence-electron chi connectivity index (χ0n) is 14.0. The first-order valence-electron chi connectivity index (χ1n) is 8.20. The quantitative estimate of drug-likeness (QED) is 0.545. The Hall–Kier alpha value is -2.20. The standard InChI is InChI=1S/C17H21N3O5S/c18-17-6-2-12(8-20-17)15(21)10-19-9-13-3-1-11-7-14(26(22,23)24)4-5-16(11)25-13/h2,4-8,13,15,19,21H,1,3,9-10H2,(H2,18,20)(H,22,23,24)/t13?,15-/m1/s1. The van der Waals surface area contributed by atoms with Gasteiger partial charge in [0.15, 0.2) is 0 Å². The van der Waals surface area contributed by atoms with Gasteiger partial charge in [-0.2, -0.15) is 8.42 Å². The van der Waals surface area contributed by atoms with Crippen LogP contribution in [0.15, 0.2) is 41.4 Å². The first-order valence-corrected chi connectivity index (χ1v) is 9.64. The highest BCUT2D eigenvalue weighted by atomic mass is 32.2. The molecule has 0 amide bonds. The van der Waals surface area contributed by atoms with Crippen molar-refractivity contribution in [3.05, 3.63) is 47.7 Å². The summed E-state index contributed by atoms with van der Waals surface area (Å²) < 4.78 is 37.3. The van der Waals surface area contributed by atoms with E-state index in [0.717, 1.165) is 5.56 Å². The second-order valence-electron chi connectivity index (χ2n) is 6.21. The molecule has 1 aliphatic heterocycles. The van der Waals surface area contributed by atoms with Gasteiger partial charge in [-0.3, -0.25) is 4.55 Å². The van der Waals surface area contributed by atoms with E-state index < -0.39 is 16.2 Å². The van der Waals surface area contributed by atoms with Gasteiger partial charge in [-0.15, -0.1) is 0 Å². The Morgan fingerprint density at radius 3 is 2.85 bits per heavy atom. The number of nitrogens with two attached hydrogens (primary N) is 1. The summed E-state index contributed by atoms with van der Waals surface area (Å²) in [7, 11) is -4.21. The maximum atomic E-state index is 11.2. The molecule has 1 aromatic carbocycles. The fraction of sp³-hybridized carbons (Fsp3) is 0.353. The van der Waals surface area contributed by atoms with Crippen LogP contribution in [-0.2, 0) is 16.5 Å². The highest BCUT2D eigenvalue weighted by molar-refractivity contribution is 7.85. The van der Waals surface area contributed by atoms with Crippen molar-refractivity contribution in [3.63, 3.8) is 0 Å². The van der Waals surface area contributed by atoms with Crippen molar-refractivity contribution in [1.82, 2.24) is 10.3 Å². The second kappa shape index (κ2) is 7.58. The Morgan fingerprint density at radius 2 is 2.15 bits per heavy atom. The molecule has 5 N–H and O–H groups in total. The molecule has 2 aromatic rings. The van der Waals surface area contributed by atoms with Crippen molar-refractivity contribution < 1.29 is 22.8 Å². The Bertz CT molecular complexity index is 870. The first kappa shape index (κ1) is 18.6. The lowest BCUT2D eigenvalue weighted by atomic mass is 10.0. The van der Waals surface area contributed by atoms with Crippen LogP contribution in [0, 0.1) is 0 Å². The van der Waals surface area contributed by atoms with E-state index in [-0.39, 0.29) is 11.0 Å². The van der Waals surface area contributed by atoms with Gasteiger partial charge in [-0.25, -0.2) is 4.98 Å². The van der Waals surface area contributed by atoms with Crippen molar-refractivity contribution in [2.45, 2.75) is 29.9 Å². The average Bonchev–Trinajstić information content (AvgIpc) is 2.61. The Labute approximate surface area is 151 Å². The number of nitrogen functional groups attached to an aromatic ring is 1. The molecule has 2 atom stereocenters. The number of aromatic nitrogens is 1. The number of fused-ring (bicyclic) bond motifs is 1. The maximum absolute atomic E-state index is 11.2. The molecule has 3 rings (SSSR count). The maximum Gasteiger partial charge on any atom is 0.294 e.